The largest absolute Gasteiger partial charge is 0.396 e. The van der Waals surface area contributed by atoms with Crippen molar-refractivity contribution in [1.82, 2.24) is 30.3 Å². The summed E-state index contributed by atoms with van der Waals surface area (Å²) in [6, 6.07) is 13.5. The number of unbranched alkanes of at least 4 members (excludes halogenated alkanes) is 2. The number of rotatable bonds is 14. The molecule has 2 aliphatic rings. The van der Waals surface area contributed by atoms with Gasteiger partial charge in [0, 0.05) is 67.4 Å². The molecule has 0 atom stereocenters. The van der Waals surface area contributed by atoms with Crippen LogP contribution in [0.2, 0.25) is 10.0 Å². The van der Waals surface area contributed by atoms with Gasteiger partial charge in [0.2, 0.25) is 0 Å². The molecule has 4 aromatic rings. The van der Waals surface area contributed by atoms with Gasteiger partial charge in [-0.05, 0) is 99.9 Å². The van der Waals surface area contributed by atoms with Gasteiger partial charge in [0.1, 0.15) is 5.69 Å². The van der Waals surface area contributed by atoms with Gasteiger partial charge < -0.3 is 31.3 Å². The molecule has 2 aromatic carbocycles. The Morgan fingerprint density at radius 1 is 0.815 bits per heavy atom. The summed E-state index contributed by atoms with van der Waals surface area (Å²) in [7, 11) is 0. The van der Waals surface area contributed by atoms with E-state index in [2.05, 4.69) is 36.2 Å². The second-order valence-corrected chi connectivity index (χ2v) is 14.4. The molecule has 13 nitrogen and oxygen atoms in total. The van der Waals surface area contributed by atoms with Crippen LogP contribution in [0, 0.1) is 0 Å². The summed E-state index contributed by atoms with van der Waals surface area (Å²) in [4.78, 5) is 59.5. The van der Waals surface area contributed by atoms with Gasteiger partial charge in [-0.1, -0.05) is 41.4 Å². The lowest BCUT2D eigenvalue weighted by atomic mass is 9.96. The Morgan fingerprint density at radius 2 is 1.46 bits per heavy atom. The van der Waals surface area contributed by atoms with E-state index in [1.165, 1.54) is 23.1 Å². The Balaban J connectivity index is 1.24. The molecule has 2 aromatic heterocycles. The summed E-state index contributed by atoms with van der Waals surface area (Å²) in [6.07, 6.45) is 9.06. The number of carbonyl (C=O) groups excluding carboxylic acids is 3. The minimum absolute atomic E-state index is 0.0173. The number of aliphatic hydroxyl groups excluding tert-OH is 1. The topological polar surface area (TPSA) is 171 Å². The van der Waals surface area contributed by atoms with Crippen LogP contribution in [0.25, 0.3) is 22.4 Å². The number of likely N-dealkylation sites (tertiary alicyclic amines) is 1. The maximum Gasteiger partial charge on any atom is 0.323 e. The number of benzene rings is 2. The molecule has 3 heterocycles. The van der Waals surface area contributed by atoms with E-state index in [9.17, 15) is 19.2 Å². The number of urea groups is 1. The second kappa shape index (κ2) is 18.0. The zero-order valence-corrected chi connectivity index (χ0v) is 31.6. The van der Waals surface area contributed by atoms with Crippen molar-refractivity contribution >= 4 is 52.4 Å². The first kappa shape index (κ1) is 38.9. The normalized spacial score (nSPS) is 14.7. The lowest BCUT2D eigenvalue weighted by molar-refractivity contribution is 0.0910. The van der Waals surface area contributed by atoms with Gasteiger partial charge in [-0.25, -0.2) is 9.48 Å². The zero-order chi connectivity index (χ0) is 38.2. The SMILES string of the molecule is CCn1nc(-c2cccc(-c3cc(C(=O)NC4CC4)cc(C(=O)NC4CCN(CCCCCO)CC4)c3)c2)cc(NC(=O)Nc2c(Cl)cncc2Cl)c1=O. The van der Waals surface area contributed by atoms with Crippen LogP contribution in [0.1, 0.15) is 72.6 Å². The van der Waals surface area contributed by atoms with Crippen molar-refractivity contribution in [1.29, 1.82) is 0 Å². The number of anilines is 2. The third-order valence-electron chi connectivity index (χ3n) is 9.53. The Labute approximate surface area is 323 Å². The number of nitrogens with one attached hydrogen (secondary N) is 4. The maximum atomic E-state index is 13.7. The van der Waals surface area contributed by atoms with Crippen LogP contribution in [-0.2, 0) is 6.54 Å². The Bertz CT molecular complexity index is 2040. The number of nitrogens with zero attached hydrogens (tertiary/aromatic N) is 4. The van der Waals surface area contributed by atoms with Crippen LogP contribution in [0.15, 0.2) is 65.7 Å². The van der Waals surface area contributed by atoms with E-state index in [0.29, 0.717) is 27.9 Å². The molecule has 0 radical (unpaired) electrons. The molecule has 15 heteroatoms. The van der Waals surface area contributed by atoms with Gasteiger partial charge in [-0.15, -0.1) is 0 Å². The summed E-state index contributed by atoms with van der Waals surface area (Å²) in [6.45, 7) is 5.00. The number of aliphatic hydroxyl groups is 1. The van der Waals surface area contributed by atoms with Crippen LogP contribution < -0.4 is 26.8 Å². The van der Waals surface area contributed by atoms with Crippen molar-refractivity contribution < 1.29 is 19.5 Å². The maximum absolute atomic E-state index is 13.7. The quantitative estimate of drug-likeness (QED) is 0.0945. The molecule has 4 amide bonds. The van der Waals surface area contributed by atoms with Crippen LogP contribution in [-0.4, -0.2) is 80.9 Å². The van der Waals surface area contributed by atoms with E-state index < -0.39 is 11.6 Å². The fourth-order valence-corrected chi connectivity index (χ4v) is 6.85. The third-order valence-corrected chi connectivity index (χ3v) is 10.1. The molecule has 0 bridgehead atoms. The smallest absolute Gasteiger partial charge is 0.323 e. The summed E-state index contributed by atoms with van der Waals surface area (Å²) >= 11 is 12.3. The number of aryl methyl sites for hydroxylation is 1. The molecular weight excluding hydrogens is 731 g/mol. The molecule has 0 unspecified atom stereocenters. The highest BCUT2D eigenvalue weighted by Crippen LogP contribution is 2.30. The molecule has 284 valence electrons. The third kappa shape index (κ3) is 10.0. The van der Waals surface area contributed by atoms with Gasteiger partial charge in [-0.3, -0.25) is 19.4 Å². The van der Waals surface area contributed by atoms with E-state index >= 15 is 0 Å². The van der Waals surface area contributed by atoms with E-state index in [1.54, 1.807) is 25.1 Å². The Kier molecular flexibility index (Phi) is 13.0. The number of hydrogen-bond acceptors (Lipinski definition) is 8. The summed E-state index contributed by atoms with van der Waals surface area (Å²) in [5, 5.41) is 25.2. The molecule has 6 rings (SSSR count). The van der Waals surface area contributed by atoms with Crippen LogP contribution in [0.5, 0.6) is 0 Å². The summed E-state index contributed by atoms with van der Waals surface area (Å²) in [5.74, 6) is -0.478. The fourth-order valence-electron chi connectivity index (χ4n) is 6.39. The highest BCUT2D eigenvalue weighted by Gasteiger charge is 2.26. The molecule has 5 N–H and O–H groups in total. The second-order valence-electron chi connectivity index (χ2n) is 13.6. The average Bonchev–Trinajstić information content (AvgIpc) is 4.00. The highest BCUT2D eigenvalue weighted by atomic mass is 35.5. The summed E-state index contributed by atoms with van der Waals surface area (Å²) < 4.78 is 1.25. The number of pyridine rings is 1. The van der Waals surface area contributed by atoms with Crippen molar-refractivity contribution in [3.8, 4) is 22.4 Å². The van der Waals surface area contributed by atoms with Crippen molar-refractivity contribution in [3.05, 3.63) is 92.5 Å². The number of hydrogen-bond donors (Lipinski definition) is 5. The molecule has 0 spiro atoms. The first-order valence-electron chi connectivity index (χ1n) is 18.3. The zero-order valence-electron chi connectivity index (χ0n) is 30.0. The number of amides is 4. The van der Waals surface area contributed by atoms with E-state index in [0.717, 1.165) is 70.1 Å². The monoisotopic (exact) mass is 774 g/mol. The van der Waals surface area contributed by atoms with Crippen molar-refractivity contribution in [2.45, 2.75) is 70.5 Å². The molecular formula is C39H44Cl2N8O5. The van der Waals surface area contributed by atoms with Crippen molar-refractivity contribution in [2.24, 2.45) is 0 Å². The standard InChI is InChI=1S/C39H44Cl2N8O5/c1-2-49-38(53)34(45-39(54)46-35-31(40)22-42-23-32(35)41)21-33(47-49)25-8-6-7-24(17-25)26-18-27(36(51)43-29-9-10-29)20-28(19-26)37(52)44-30-11-14-48(15-12-30)13-4-3-5-16-50/h6-8,17-23,29-30,50H,2-5,9-16H2,1H3,(H,43,51)(H,44,52)(H2,42,45,46,54). The lowest BCUT2D eigenvalue weighted by Crippen LogP contribution is -2.44. The number of piperidine rings is 1. The predicted molar refractivity (Wildman–Crippen MR) is 210 cm³/mol. The lowest BCUT2D eigenvalue weighted by Gasteiger charge is -2.32. The molecule has 1 saturated heterocycles. The van der Waals surface area contributed by atoms with Gasteiger partial charge in [0.15, 0.2) is 0 Å². The van der Waals surface area contributed by atoms with Crippen LogP contribution in [0.4, 0.5) is 16.2 Å². The Hall–Kier alpha value is -4.82. The van der Waals surface area contributed by atoms with Gasteiger partial charge in [0.05, 0.1) is 21.4 Å². The Morgan fingerprint density at radius 3 is 2.09 bits per heavy atom. The highest BCUT2D eigenvalue weighted by molar-refractivity contribution is 6.39. The number of aromatic nitrogens is 3. The van der Waals surface area contributed by atoms with Crippen LogP contribution >= 0.6 is 23.2 Å². The molecule has 54 heavy (non-hydrogen) atoms. The minimum atomic E-state index is -0.734. The number of carbonyl (C=O) groups is 3. The van der Waals surface area contributed by atoms with Crippen LogP contribution in [0.3, 0.4) is 0 Å². The van der Waals surface area contributed by atoms with Crippen molar-refractivity contribution in [2.75, 3.05) is 36.9 Å². The van der Waals surface area contributed by atoms with Gasteiger partial charge >= 0.3 is 6.03 Å². The van der Waals surface area contributed by atoms with Gasteiger partial charge in [-0.2, -0.15) is 5.10 Å². The minimum Gasteiger partial charge on any atom is -0.396 e. The fraction of sp³-hybridized carbons (Fsp3) is 0.385. The van der Waals surface area contributed by atoms with Crippen molar-refractivity contribution in [3.63, 3.8) is 0 Å². The number of halogens is 2. The molecule has 1 aliphatic carbocycles. The molecule has 1 saturated carbocycles. The van der Waals surface area contributed by atoms with Gasteiger partial charge in [0.25, 0.3) is 17.4 Å². The predicted octanol–water partition coefficient (Wildman–Crippen LogP) is 6.19. The van der Waals surface area contributed by atoms with E-state index in [4.69, 9.17) is 28.3 Å². The first-order chi connectivity index (χ1) is 26.1. The molecule has 1 aliphatic heterocycles. The average molecular weight is 776 g/mol. The van der Waals surface area contributed by atoms with E-state index in [-0.39, 0.29) is 58.5 Å². The van der Waals surface area contributed by atoms with E-state index in [1.807, 2.05) is 24.3 Å². The molecule has 2 fully saturated rings. The summed E-state index contributed by atoms with van der Waals surface area (Å²) in [5.41, 5.74) is 2.83. The first-order valence-corrected chi connectivity index (χ1v) is 19.1.